The summed E-state index contributed by atoms with van der Waals surface area (Å²) in [7, 11) is 0. The van der Waals surface area contributed by atoms with Crippen molar-refractivity contribution in [3.8, 4) is 0 Å². The molecule has 9 heteroatoms. The number of nitro benzene ring substituents is 1. The summed E-state index contributed by atoms with van der Waals surface area (Å²) in [6, 6.07) is 9.47. The monoisotopic (exact) mass is 392 g/mol. The zero-order valence-electron chi connectivity index (χ0n) is 14.0. The van der Waals surface area contributed by atoms with E-state index < -0.39 is 28.7 Å². The van der Waals surface area contributed by atoms with E-state index >= 15 is 0 Å². The van der Waals surface area contributed by atoms with Crippen LogP contribution in [-0.4, -0.2) is 22.9 Å². The standard InChI is InChI=1S/C18H14ClFN2O5/c1-11(18(24)21-15-4-2-3-5-16(15)22(25)26)27-17(23)9-7-12-6-8-14(20)13(19)10-12/h2-11H,1H3,(H,21,24)/b9-7+/t11-/m0/s1. The van der Waals surface area contributed by atoms with Gasteiger partial charge in [0.2, 0.25) is 0 Å². The first-order valence-electron chi connectivity index (χ1n) is 7.66. The molecule has 2 aromatic rings. The molecule has 1 N–H and O–H groups in total. The number of ether oxygens (including phenoxy) is 1. The van der Waals surface area contributed by atoms with Crippen molar-refractivity contribution in [2.75, 3.05) is 5.32 Å². The molecule has 0 aromatic heterocycles. The second-order valence-corrected chi connectivity index (χ2v) is 5.76. The number of nitrogens with one attached hydrogen (secondary N) is 1. The van der Waals surface area contributed by atoms with Crippen LogP contribution >= 0.6 is 11.6 Å². The van der Waals surface area contributed by atoms with Crippen molar-refractivity contribution in [2.45, 2.75) is 13.0 Å². The van der Waals surface area contributed by atoms with Gasteiger partial charge in [0.15, 0.2) is 6.10 Å². The Morgan fingerprint density at radius 1 is 1.30 bits per heavy atom. The second-order valence-electron chi connectivity index (χ2n) is 5.35. The summed E-state index contributed by atoms with van der Waals surface area (Å²) in [6.07, 6.45) is 1.21. The summed E-state index contributed by atoms with van der Waals surface area (Å²) in [5.74, 6) is -2.13. The van der Waals surface area contributed by atoms with Gasteiger partial charge < -0.3 is 10.1 Å². The second kappa shape index (κ2) is 8.91. The van der Waals surface area contributed by atoms with Gasteiger partial charge in [-0.05, 0) is 36.8 Å². The minimum atomic E-state index is -1.20. The molecule has 0 radical (unpaired) electrons. The molecule has 0 aliphatic rings. The summed E-state index contributed by atoms with van der Waals surface area (Å²) in [5, 5.41) is 13.2. The number of esters is 1. The Bertz CT molecular complexity index is 916. The molecule has 2 aromatic carbocycles. The average molecular weight is 393 g/mol. The van der Waals surface area contributed by atoms with Crippen LogP contribution in [0.1, 0.15) is 12.5 Å². The van der Waals surface area contributed by atoms with Gasteiger partial charge in [-0.3, -0.25) is 14.9 Å². The molecule has 0 bridgehead atoms. The van der Waals surface area contributed by atoms with Crippen LogP contribution in [-0.2, 0) is 14.3 Å². The molecule has 27 heavy (non-hydrogen) atoms. The highest BCUT2D eigenvalue weighted by molar-refractivity contribution is 6.30. The molecule has 0 fully saturated rings. The SMILES string of the molecule is C[C@H](OC(=O)/C=C/c1ccc(F)c(Cl)c1)C(=O)Nc1ccccc1[N+](=O)[O-]. The molecule has 1 amide bonds. The van der Waals surface area contributed by atoms with Gasteiger partial charge >= 0.3 is 5.97 Å². The summed E-state index contributed by atoms with van der Waals surface area (Å²) in [6.45, 7) is 1.32. The maximum Gasteiger partial charge on any atom is 0.331 e. The zero-order chi connectivity index (χ0) is 20.0. The number of hydrogen-bond donors (Lipinski definition) is 1. The Morgan fingerprint density at radius 2 is 2.00 bits per heavy atom. The quantitative estimate of drug-likeness (QED) is 0.347. The van der Waals surface area contributed by atoms with E-state index in [0.29, 0.717) is 5.56 Å². The van der Waals surface area contributed by atoms with Crippen LogP contribution in [0.15, 0.2) is 48.5 Å². The topological polar surface area (TPSA) is 98.5 Å². The largest absolute Gasteiger partial charge is 0.449 e. The molecular formula is C18H14ClFN2O5. The molecule has 0 saturated carbocycles. The van der Waals surface area contributed by atoms with Crippen molar-refractivity contribution in [1.82, 2.24) is 0 Å². The van der Waals surface area contributed by atoms with Gasteiger partial charge in [-0.15, -0.1) is 0 Å². The average Bonchev–Trinajstić information content (AvgIpc) is 2.63. The summed E-state index contributed by atoms with van der Waals surface area (Å²) in [5.41, 5.74) is 0.180. The van der Waals surface area contributed by atoms with Crippen LogP contribution in [0.5, 0.6) is 0 Å². The third kappa shape index (κ3) is 5.61. The molecule has 7 nitrogen and oxygen atoms in total. The lowest BCUT2D eigenvalue weighted by molar-refractivity contribution is -0.383. The third-order valence-corrected chi connectivity index (χ3v) is 3.67. The summed E-state index contributed by atoms with van der Waals surface area (Å²) < 4.78 is 18.0. The van der Waals surface area contributed by atoms with Gasteiger partial charge in [-0.2, -0.15) is 0 Å². The number of halogens is 2. The van der Waals surface area contributed by atoms with E-state index in [1.807, 2.05) is 0 Å². The number of anilines is 1. The molecule has 0 saturated heterocycles. The van der Waals surface area contributed by atoms with Crippen LogP contribution < -0.4 is 5.32 Å². The Labute approximate surface area is 158 Å². The lowest BCUT2D eigenvalue weighted by Gasteiger charge is -2.12. The first-order chi connectivity index (χ1) is 12.8. The van der Waals surface area contributed by atoms with E-state index in [1.165, 1.54) is 49.4 Å². The van der Waals surface area contributed by atoms with Crippen LogP contribution in [0.25, 0.3) is 6.08 Å². The molecule has 2 rings (SSSR count). The van der Waals surface area contributed by atoms with Crippen LogP contribution in [0, 0.1) is 15.9 Å². The fraction of sp³-hybridized carbons (Fsp3) is 0.111. The van der Waals surface area contributed by atoms with Crippen LogP contribution in [0.2, 0.25) is 5.02 Å². The van der Waals surface area contributed by atoms with Gasteiger partial charge in [0, 0.05) is 12.1 Å². The number of amides is 1. The predicted molar refractivity (Wildman–Crippen MR) is 97.7 cm³/mol. The highest BCUT2D eigenvalue weighted by Gasteiger charge is 2.20. The molecule has 140 valence electrons. The smallest absolute Gasteiger partial charge is 0.331 e. The number of nitro groups is 1. The molecule has 0 aliphatic heterocycles. The van der Waals surface area contributed by atoms with Crippen LogP contribution in [0.3, 0.4) is 0 Å². The summed E-state index contributed by atoms with van der Waals surface area (Å²) in [4.78, 5) is 34.2. The van der Waals surface area contributed by atoms with Gasteiger partial charge in [0.25, 0.3) is 11.6 Å². The Kier molecular flexibility index (Phi) is 6.62. The van der Waals surface area contributed by atoms with E-state index in [1.54, 1.807) is 0 Å². The number of carbonyl (C=O) groups is 2. The van der Waals surface area contributed by atoms with E-state index in [9.17, 15) is 24.1 Å². The first kappa shape index (κ1) is 20.1. The minimum absolute atomic E-state index is 0.00750. The minimum Gasteiger partial charge on any atom is -0.449 e. The Balaban J connectivity index is 1.97. The first-order valence-corrected chi connectivity index (χ1v) is 8.03. The maximum absolute atomic E-state index is 13.1. The van der Waals surface area contributed by atoms with Crippen LogP contribution in [0.4, 0.5) is 15.8 Å². The molecular weight excluding hydrogens is 379 g/mol. The van der Waals surface area contributed by atoms with Gasteiger partial charge in [0.05, 0.1) is 9.95 Å². The van der Waals surface area contributed by atoms with Crippen molar-refractivity contribution in [3.63, 3.8) is 0 Å². The van der Waals surface area contributed by atoms with Crippen molar-refractivity contribution >= 4 is 40.9 Å². The lowest BCUT2D eigenvalue weighted by Crippen LogP contribution is -2.29. The van der Waals surface area contributed by atoms with Gasteiger partial charge in [0.1, 0.15) is 11.5 Å². The number of benzene rings is 2. The van der Waals surface area contributed by atoms with Gasteiger partial charge in [-0.25, -0.2) is 9.18 Å². The summed E-state index contributed by atoms with van der Waals surface area (Å²) >= 11 is 5.64. The fourth-order valence-electron chi connectivity index (χ4n) is 2.02. The molecule has 0 heterocycles. The van der Waals surface area contributed by atoms with E-state index in [0.717, 1.165) is 12.1 Å². The Hall–Kier alpha value is -3.26. The molecule has 0 unspecified atom stereocenters. The predicted octanol–water partition coefficient (Wildman–Crippen LogP) is 3.97. The molecule has 0 spiro atoms. The zero-order valence-corrected chi connectivity index (χ0v) is 14.8. The lowest BCUT2D eigenvalue weighted by atomic mass is 10.2. The van der Waals surface area contributed by atoms with E-state index in [2.05, 4.69) is 5.32 Å². The van der Waals surface area contributed by atoms with E-state index in [4.69, 9.17) is 16.3 Å². The molecule has 0 aliphatic carbocycles. The van der Waals surface area contributed by atoms with Crippen molar-refractivity contribution in [3.05, 3.63) is 75.1 Å². The normalized spacial score (nSPS) is 11.8. The van der Waals surface area contributed by atoms with E-state index in [-0.39, 0.29) is 16.4 Å². The van der Waals surface area contributed by atoms with Crippen molar-refractivity contribution in [1.29, 1.82) is 0 Å². The van der Waals surface area contributed by atoms with Crippen molar-refractivity contribution < 1.29 is 23.6 Å². The number of nitrogens with zero attached hydrogens (tertiary/aromatic N) is 1. The third-order valence-electron chi connectivity index (χ3n) is 3.38. The molecule has 1 atom stereocenters. The highest BCUT2D eigenvalue weighted by Crippen LogP contribution is 2.23. The van der Waals surface area contributed by atoms with Crippen molar-refractivity contribution in [2.24, 2.45) is 0 Å². The van der Waals surface area contributed by atoms with Gasteiger partial charge in [-0.1, -0.05) is 29.8 Å². The maximum atomic E-state index is 13.1. The number of carbonyl (C=O) groups excluding carboxylic acids is 2. The number of para-hydroxylation sites is 2. The highest BCUT2D eigenvalue weighted by atomic mass is 35.5. The fourth-order valence-corrected chi connectivity index (χ4v) is 2.21. The number of hydrogen-bond acceptors (Lipinski definition) is 5. The number of rotatable bonds is 6. The Morgan fingerprint density at radius 3 is 2.67 bits per heavy atom.